The first-order valence-electron chi connectivity index (χ1n) is 7.55. The molecule has 3 rings (SSSR count). The maximum Gasteiger partial charge on any atom is 0.417 e. The number of ether oxygens (including phenoxy) is 1. The van der Waals surface area contributed by atoms with Crippen LogP contribution in [0.3, 0.4) is 0 Å². The zero-order valence-electron chi connectivity index (χ0n) is 13.2. The molecule has 2 aromatic rings. The minimum Gasteiger partial charge on any atom is -0.399 e. The van der Waals surface area contributed by atoms with Crippen LogP contribution in [0.15, 0.2) is 30.3 Å². The molecule has 140 valence electrons. The van der Waals surface area contributed by atoms with Crippen LogP contribution in [0.4, 0.5) is 37.7 Å². The van der Waals surface area contributed by atoms with Crippen molar-refractivity contribution in [2.45, 2.75) is 24.9 Å². The van der Waals surface area contributed by atoms with Gasteiger partial charge in [-0.2, -0.15) is 26.3 Å². The minimum absolute atomic E-state index is 0.120. The average molecular weight is 376 g/mol. The van der Waals surface area contributed by atoms with Crippen LogP contribution in [0.25, 0.3) is 11.1 Å². The Balaban J connectivity index is 2.29. The highest BCUT2D eigenvalue weighted by Crippen LogP contribution is 2.46. The zero-order valence-corrected chi connectivity index (χ0v) is 13.2. The Hall–Kier alpha value is -2.42. The second-order valence-electron chi connectivity index (χ2n) is 6.02. The van der Waals surface area contributed by atoms with E-state index in [2.05, 4.69) is 0 Å². The second kappa shape index (κ2) is 6.08. The van der Waals surface area contributed by atoms with Gasteiger partial charge in [0.05, 0.1) is 23.8 Å². The van der Waals surface area contributed by atoms with Gasteiger partial charge in [-0.05, 0) is 34.9 Å². The molecule has 1 unspecified atom stereocenters. The van der Waals surface area contributed by atoms with Gasteiger partial charge in [0.1, 0.15) is 0 Å². The van der Waals surface area contributed by atoms with Crippen molar-refractivity contribution in [3.63, 3.8) is 0 Å². The number of alkyl halides is 6. The summed E-state index contributed by atoms with van der Waals surface area (Å²) in [4.78, 5) is 0. The third-order valence-corrected chi connectivity index (χ3v) is 4.11. The van der Waals surface area contributed by atoms with Crippen molar-refractivity contribution >= 4 is 11.4 Å². The topological polar surface area (TPSA) is 64.6 Å². The number of rotatable bonds is 3. The van der Waals surface area contributed by atoms with E-state index in [1.807, 2.05) is 0 Å². The lowest BCUT2D eigenvalue weighted by atomic mass is 9.89. The number of benzene rings is 2. The Morgan fingerprint density at radius 3 is 2.08 bits per heavy atom. The van der Waals surface area contributed by atoms with Crippen LogP contribution < -0.4 is 11.5 Å². The zero-order chi connectivity index (χ0) is 19.3. The third-order valence-electron chi connectivity index (χ3n) is 4.11. The van der Waals surface area contributed by atoms with Crippen molar-refractivity contribution in [2.75, 3.05) is 18.1 Å². The van der Waals surface area contributed by atoms with Crippen molar-refractivity contribution in [3.05, 3.63) is 47.0 Å². The molecule has 1 fully saturated rings. The quantitative estimate of drug-likeness (QED) is 0.471. The summed E-state index contributed by atoms with van der Waals surface area (Å²) in [6, 6.07) is 4.82. The van der Waals surface area contributed by atoms with Gasteiger partial charge in [0, 0.05) is 17.8 Å². The molecule has 0 aliphatic carbocycles. The first kappa shape index (κ1) is 18.4. The Bertz CT molecular complexity index is 840. The summed E-state index contributed by atoms with van der Waals surface area (Å²) in [6.07, 6.45) is -10.3. The van der Waals surface area contributed by atoms with E-state index in [-0.39, 0.29) is 30.0 Å². The molecule has 1 atom stereocenters. The number of anilines is 2. The van der Waals surface area contributed by atoms with E-state index < -0.39 is 40.7 Å². The Morgan fingerprint density at radius 1 is 0.923 bits per heavy atom. The average Bonchev–Trinajstić information content (AvgIpc) is 3.31. The predicted octanol–water partition coefficient (Wildman–Crippen LogP) is 4.50. The number of hydrogen-bond donors (Lipinski definition) is 2. The van der Waals surface area contributed by atoms with Crippen LogP contribution in [-0.2, 0) is 23.5 Å². The fourth-order valence-corrected chi connectivity index (χ4v) is 2.88. The van der Waals surface area contributed by atoms with Gasteiger partial charge in [-0.3, -0.25) is 0 Å². The summed E-state index contributed by atoms with van der Waals surface area (Å²) in [5, 5.41) is 0. The van der Waals surface area contributed by atoms with E-state index in [1.165, 1.54) is 6.07 Å². The smallest absolute Gasteiger partial charge is 0.399 e. The second-order valence-corrected chi connectivity index (χ2v) is 6.02. The van der Waals surface area contributed by atoms with E-state index >= 15 is 0 Å². The molecule has 0 bridgehead atoms. The van der Waals surface area contributed by atoms with E-state index in [1.54, 1.807) is 0 Å². The summed E-state index contributed by atoms with van der Waals surface area (Å²) in [5.74, 6) is 0. The fraction of sp³-hybridized carbons (Fsp3) is 0.294. The molecule has 1 aliphatic heterocycles. The number of halogens is 6. The molecule has 0 aromatic heterocycles. The Morgan fingerprint density at radius 2 is 1.54 bits per heavy atom. The first-order chi connectivity index (χ1) is 12.0. The summed E-state index contributed by atoms with van der Waals surface area (Å²) in [6.45, 7) is 0.288. The summed E-state index contributed by atoms with van der Waals surface area (Å²) < 4.78 is 86.3. The van der Waals surface area contributed by atoms with Gasteiger partial charge in [-0.25, -0.2) is 0 Å². The summed E-state index contributed by atoms with van der Waals surface area (Å²) >= 11 is 0. The van der Waals surface area contributed by atoms with Crippen LogP contribution in [0.1, 0.15) is 16.7 Å². The van der Waals surface area contributed by atoms with Crippen LogP contribution >= 0.6 is 0 Å². The normalized spacial score (nSPS) is 17.4. The Labute approximate surface area is 144 Å². The molecule has 2 aromatic carbocycles. The molecule has 1 aliphatic rings. The van der Waals surface area contributed by atoms with E-state index in [0.29, 0.717) is 6.07 Å². The monoisotopic (exact) mass is 376 g/mol. The lowest BCUT2D eigenvalue weighted by Crippen LogP contribution is -2.16. The largest absolute Gasteiger partial charge is 0.417 e. The highest BCUT2D eigenvalue weighted by atomic mass is 19.4. The van der Waals surface area contributed by atoms with Crippen LogP contribution in [0, 0.1) is 0 Å². The molecule has 0 spiro atoms. The fourth-order valence-electron chi connectivity index (χ4n) is 2.88. The lowest BCUT2D eigenvalue weighted by molar-refractivity contribution is -0.139. The molecule has 26 heavy (non-hydrogen) atoms. The standard InChI is InChI=1S/C17H14F6N2O/c18-16(19,20)13-5-8(24)1-2-10(13)11-3-4-14(25)12(6-9-7-26-9)15(11)17(21,22)23/h1-5,9H,6-7,24-25H2. The van der Waals surface area contributed by atoms with E-state index in [0.717, 1.165) is 18.2 Å². The number of nitrogen functional groups attached to an aromatic ring is 2. The SMILES string of the molecule is Nc1ccc(-c2ccc(N)c(CC3CO3)c2C(F)(F)F)c(C(F)(F)F)c1. The van der Waals surface area contributed by atoms with Crippen molar-refractivity contribution < 1.29 is 31.1 Å². The number of hydrogen-bond acceptors (Lipinski definition) is 3. The number of nitrogens with two attached hydrogens (primary N) is 2. The summed E-state index contributed by atoms with van der Waals surface area (Å²) in [5.41, 5.74) is 6.89. The molecule has 0 amide bonds. The van der Waals surface area contributed by atoms with Gasteiger partial charge < -0.3 is 16.2 Å². The maximum absolute atomic E-state index is 13.8. The Kier molecular flexibility index (Phi) is 4.30. The van der Waals surface area contributed by atoms with E-state index in [4.69, 9.17) is 16.2 Å². The van der Waals surface area contributed by atoms with E-state index in [9.17, 15) is 26.3 Å². The van der Waals surface area contributed by atoms with Crippen LogP contribution in [0.5, 0.6) is 0 Å². The molecular formula is C17H14F6N2O. The summed E-state index contributed by atoms with van der Waals surface area (Å²) in [7, 11) is 0. The molecule has 4 N–H and O–H groups in total. The molecule has 0 saturated carbocycles. The van der Waals surface area contributed by atoms with Crippen molar-refractivity contribution in [1.82, 2.24) is 0 Å². The van der Waals surface area contributed by atoms with Gasteiger partial charge in [0.2, 0.25) is 0 Å². The van der Waals surface area contributed by atoms with Gasteiger partial charge in [-0.15, -0.1) is 0 Å². The number of epoxide rings is 1. The van der Waals surface area contributed by atoms with Gasteiger partial charge in [-0.1, -0.05) is 12.1 Å². The molecule has 9 heteroatoms. The molecule has 1 heterocycles. The highest BCUT2D eigenvalue weighted by Gasteiger charge is 2.41. The van der Waals surface area contributed by atoms with Gasteiger partial charge in [0.25, 0.3) is 0 Å². The van der Waals surface area contributed by atoms with Crippen LogP contribution in [0.2, 0.25) is 0 Å². The molecule has 1 saturated heterocycles. The lowest BCUT2D eigenvalue weighted by Gasteiger charge is -2.21. The maximum atomic E-state index is 13.8. The third kappa shape index (κ3) is 3.57. The van der Waals surface area contributed by atoms with Crippen molar-refractivity contribution in [1.29, 1.82) is 0 Å². The molecule has 3 nitrogen and oxygen atoms in total. The first-order valence-corrected chi connectivity index (χ1v) is 7.55. The predicted molar refractivity (Wildman–Crippen MR) is 84.2 cm³/mol. The van der Waals surface area contributed by atoms with Gasteiger partial charge >= 0.3 is 12.4 Å². The van der Waals surface area contributed by atoms with Crippen LogP contribution in [-0.4, -0.2) is 12.7 Å². The van der Waals surface area contributed by atoms with Crippen molar-refractivity contribution in [3.8, 4) is 11.1 Å². The van der Waals surface area contributed by atoms with Gasteiger partial charge in [0.15, 0.2) is 0 Å². The molecule has 0 radical (unpaired) electrons. The minimum atomic E-state index is -4.89. The highest BCUT2D eigenvalue weighted by molar-refractivity contribution is 5.77. The van der Waals surface area contributed by atoms with Crippen molar-refractivity contribution in [2.24, 2.45) is 0 Å². The molecular weight excluding hydrogens is 362 g/mol.